The van der Waals surface area contributed by atoms with Crippen molar-refractivity contribution in [3.05, 3.63) is 51.8 Å². The molecule has 0 bridgehead atoms. The molecule has 1 atom stereocenters. The van der Waals surface area contributed by atoms with Crippen molar-refractivity contribution in [1.29, 1.82) is 0 Å². The molecule has 1 aromatic heterocycles. The molecule has 1 N–H and O–H groups in total. The van der Waals surface area contributed by atoms with Crippen LogP contribution in [0.2, 0.25) is 0 Å². The lowest BCUT2D eigenvalue weighted by atomic mass is 9.97. The lowest BCUT2D eigenvalue weighted by Crippen LogP contribution is -2.18. The van der Waals surface area contributed by atoms with E-state index < -0.39 is 0 Å². The summed E-state index contributed by atoms with van der Waals surface area (Å²) in [6.45, 7) is 2.16. The molecule has 0 saturated heterocycles. The van der Waals surface area contributed by atoms with E-state index in [2.05, 4.69) is 57.5 Å². The van der Waals surface area contributed by atoms with Crippen LogP contribution in [0.25, 0.3) is 0 Å². The summed E-state index contributed by atoms with van der Waals surface area (Å²) in [7, 11) is 4.02. The predicted octanol–water partition coefficient (Wildman–Crippen LogP) is 3.38. The number of hydrogen-bond donors (Lipinski definition) is 1. The second-order valence-electron chi connectivity index (χ2n) is 4.78. The Kier molecular flexibility index (Phi) is 4.77. The molecule has 19 heavy (non-hydrogen) atoms. The van der Waals surface area contributed by atoms with E-state index in [1.165, 1.54) is 21.3 Å². The van der Waals surface area contributed by atoms with E-state index in [0.29, 0.717) is 6.04 Å². The molecule has 1 aromatic carbocycles. The summed E-state index contributed by atoms with van der Waals surface area (Å²) in [6.07, 6.45) is 3.94. The third-order valence-corrected chi connectivity index (χ3v) is 4.50. The average Bonchev–Trinajstić information content (AvgIpc) is 2.80. The fourth-order valence-corrected chi connectivity index (χ4v) is 2.78. The van der Waals surface area contributed by atoms with E-state index >= 15 is 0 Å². The van der Waals surface area contributed by atoms with Crippen molar-refractivity contribution in [2.24, 2.45) is 7.05 Å². The van der Waals surface area contributed by atoms with E-state index in [0.717, 1.165) is 12.8 Å². The first-order valence-corrected chi connectivity index (χ1v) is 7.32. The quantitative estimate of drug-likeness (QED) is 0.914. The normalized spacial score (nSPS) is 12.6. The summed E-state index contributed by atoms with van der Waals surface area (Å²) >= 11 is 3.60. The predicted molar refractivity (Wildman–Crippen MR) is 82.2 cm³/mol. The Labute approximate surface area is 123 Å². The molecule has 0 amide bonds. The lowest BCUT2D eigenvalue weighted by Gasteiger charge is -2.19. The van der Waals surface area contributed by atoms with Crippen LogP contribution in [0, 0.1) is 6.92 Å². The van der Waals surface area contributed by atoms with E-state index in [9.17, 15) is 0 Å². The number of nitrogens with zero attached hydrogens (tertiary/aromatic N) is 2. The first-order valence-electron chi connectivity index (χ1n) is 6.52. The van der Waals surface area contributed by atoms with Gasteiger partial charge < -0.3 is 5.32 Å². The maximum absolute atomic E-state index is 4.21. The standard InChI is InChI=1S/C15H20BrN3/c1-11-13(5-4-6-14(11)16)15(17-2)8-7-12-9-10-18-19(12)3/h4-6,9-10,15,17H,7-8H2,1-3H3. The van der Waals surface area contributed by atoms with Gasteiger partial charge in [-0.2, -0.15) is 5.10 Å². The van der Waals surface area contributed by atoms with Gasteiger partial charge in [0, 0.05) is 29.5 Å². The van der Waals surface area contributed by atoms with Crippen LogP contribution >= 0.6 is 15.9 Å². The fraction of sp³-hybridized carbons (Fsp3) is 0.400. The third-order valence-electron chi connectivity index (χ3n) is 3.65. The lowest BCUT2D eigenvalue weighted by molar-refractivity contribution is 0.533. The molecule has 0 spiro atoms. The molecule has 2 aromatic rings. The molecule has 0 aliphatic carbocycles. The summed E-state index contributed by atoms with van der Waals surface area (Å²) in [5, 5.41) is 7.63. The van der Waals surface area contributed by atoms with Gasteiger partial charge in [0.05, 0.1) is 0 Å². The molecule has 4 heteroatoms. The highest BCUT2D eigenvalue weighted by Crippen LogP contribution is 2.27. The molecule has 0 saturated carbocycles. The number of benzene rings is 1. The highest BCUT2D eigenvalue weighted by molar-refractivity contribution is 9.10. The second kappa shape index (κ2) is 6.35. The Morgan fingerprint density at radius 2 is 2.16 bits per heavy atom. The van der Waals surface area contributed by atoms with Gasteiger partial charge >= 0.3 is 0 Å². The minimum absolute atomic E-state index is 0.368. The molecule has 1 heterocycles. The van der Waals surface area contributed by atoms with Gasteiger partial charge in [0.25, 0.3) is 0 Å². The van der Waals surface area contributed by atoms with Gasteiger partial charge in [-0.25, -0.2) is 0 Å². The summed E-state index contributed by atoms with van der Waals surface area (Å²) in [6, 6.07) is 8.84. The minimum Gasteiger partial charge on any atom is -0.313 e. The molecule has 2 rings (SSSR count). The second-order valence-corrected chi connectivity index (χ2v) is 5.63. The van der Waals surface area contributed by atoms with Crippen LogP contribution in [0.4, 0.5) is 0 Å². The number of aryl methyl sites for hydroxylation is 2. The summed E-state index contributed by atoms with van der Waals surface area (Å²) in [4.78, 5) is 0. The largest absolute Gasteiger partial charge is 0.313 e. The monoisotopic (exact) mass is 321 g/mol. The van der Waals surface area contributed by atoms with Crippen LogP contribution < -0.4 is 5.32 Å². The maximum atomic E-state index is 4.21. The molecule has 102 valence electrons. The van der Waals surface area contributed by atoms with Gasteiger partial charge in [0.15, 0.2) is 0 Å². The molecular formula is C15H20BrN3. The van der Waals surface area contributed by atoms with Crippen molar-refractivity contribution in [1.82, 2.24) is 15.1 Å². The Morgan fingerprint density at radius 1 is 1.37 bits per heavy atom. The van der Waals surface area contributed by atoms with Crippen LogP contribution in [-0.4, -0.2) is 16.8 Å². The molecule has 0 radical (unpaired) electrons. The van der Waals surface area contributed by atoms with Gasteiger partial charge in [-0.05, 0) is 50.1 Å². The van der Waals surface area contributed by atoms with E-state index in [1.807, 2.05) is 25.0 Å². The topological polar surface area (TPSA) is 29.9 Å². The SMILES string of the molecule is CNC(CCc1ccnn1C)c1cccc(Br)c1C. The zero-order valence-electron chi connectivity index (χ0n) is 11.7. The molecular weight excluding hydrogens is 302 g/mol. The van der Waals surface area contributed by atoms with E-state index in [1.54, 1.807) is 0 Å². The number of halogens is 1. The van der Waals surface area contributed by atoms with Crippen molar-refractivity contribution in [3.8, 4) is 0 Å². The van der Waals surface area contributed by atoms with Crippen LogP contribution in [-0.2, 0) is 13.5 Å². The van der Waals surface area contributed by atoms with Crippen LogP contribution in [0.3, 0.4) is 0 Å². The summed E-state index contributed by atoms with van der Waals surface area (Å²) in [5.41, 5.74) is 3.94. The van der Waals surface area contributed by atoms with Crippen molar-refractivity contribution in [2.45, 2.75) is 25.8 Å². The highest BCUT2D eigenvalue weighted by Gasteiger charge is 2.13. The maximum Gasteiger partial charge on any atom is 0.0492 e. The Bertz CT molecular complexity index is 548. The molecule has 0 aliphatic rings. The van der Waals surface area contributed by atoms with Crippen LogP contribution in [0.1, 0.15) is 29.3 Å². The molecule has 0 aliphatic heterocycles. The van der Waals surface area contributed by atoms with Crippen molar-refractivity contribution >= 4 is 15.9 Å². The first-order chi connectivity index (χ1) is 9.13. The Hall–Kier alpha value is -1.13. The van der Waals surface area contributed by atoms with Crippen molar-refractivity contribution < 1.29 is 0 Å². The van der Waals surface area contributed by atoms with Crippen LogP contribution in [0.5, 0.6) is 0 Å². The highest BCUT2D eigenvalue weighted by atomic mass is 79.9. The van der Waals surface area contributed by atoms with Gasteiger partial charge in [-0.15, -0.1) is 0 Å². The number of hydrogen-bond acceptors (Lipinski definition) is 2. The molecule has 0 fully saturated rings. The fourth-order valence-electron chi connectivity index (χ4n) is 2.40. The van der Waals surface area contributed by atoms with Gasteiger partial charge in [-0.1, -0.05) is 28.1 Å². The van der Waals surface area contributed by atoms with E-state index in [4.69, 9.17) is 0 Å². The number of aromatic nitrogens is 2. The Balaban J connectivity index is 2.12. The Morgan fingerprint density at radius 3 is 2.79 bits per heavy atom. The first kappa shape index (κ1) is 14.3. The number of rotatable bonds is 5. The molecule has 3 nitrogen and oxygen atoms in total. The van der Waals surface area contributed by atoms with Gasteiger partial charge in [0.1, 0.15) is 0 Å². The van der Waals surface area contributed by atoms with E-state index in [-0.39, 0.29) is 0 Å². The zero-order chi connectivity index (χ0) is 13.8. The van der Waals surface area contributed by atoms with Crippen LogP contribution in [0.15, 0.2) is 34.9 Å². The summed E-state index contributed by atoms with van der Waals surface area (Å²) < 4.78 is 3.12. The number of nitrogens with one attached hydrogen (secondary N) is 1. The third kappa shape index (κ3) is 3.25. The molecule has 1 unspecified atom stereocenters. The van der Waals surface area contributed by atoms with Gasteiger partial charge in [0.2, 0.25) is 0 Å². The van der Waals surface area contributed by atoms with Gasteiger partial charge in [-0.3, -0.25) is 4.68 Å². The summed E-state index contributed by atoms with van der Waals surface area (Å²) in [5.74, 6) is 0. The zero-order valence-corrected chi connectivity index (χ0v) is 13.2. The van der Waals surface area contributed by atoms with Crippen molar-refractivity contribution in [2.75, 3.05) is 7.05 Å². The van der Waals surface area contributed by atoms with Crippen molar-refractivity contribution in [3.63, 3.8) is 0 Å². The average molecular weight is 322 g/mol. The smallest absolute Gasteiger partial charge is 0.0492 e. The minimum atomic E-state index is 0.368.